The molecule has 3 heterocycles. The number of rotatable bonds is 7. The molecule has 1 N–H and O–H groups in total. The topological polar surface area (TPSA) is 81.5 Å². The maximum atomic E-state index is 13.5. The van der Waals surface area contributed by atoms with Crippen LogP contribution in [0.25, 0.3) is 0 Å². The van der Waals surface area contributed by atoms with Crippen molar-refractivity contribution in [3.8, 4) is 11.5 Å². The Morgan fingerprint density at radius 3 is 2.72 bits per heavy atom. The number of nitrogens with zero attached hydrogens (tertiary/aromatic N) is 4. The van der Waals surface area contributed by atoms with Crippen molar-refractivity contribution in [1.82, 2.24) is 19.7 Å². The van der Waals surface area contributed by atoms with Crippen molar-refractivity contribution in [1.29, 1.82) is 0 Å². The highest BCUT2D eigenvalue weighted by Gasteiger charge is 2.39. The Kier molecular flexibility index (Phi) is 6.76. The summed E-state index contributed by atoms with van der Waals surface area (Å²) in [6.07, 6.45) is 0.546. The van der Waals surface area contributed by atoms with E-state index in [1.54, 1.807) is 19.2 Å². The minimum Gasteiger partial charge on any atom is -0.497 e. The van der Waals surface area contributed by atoms with E-state index < -0.39 is 18.6 Å². The number of halogens is 2. The average Bonchev–Trinajstić information content (AvgIpc) is 3.30. The Hall–Kier alpha value is -2.91. The SMILES string of the molecule is CCC(Oc1cccc(OC)c1)C(=O)N1CCC([C@@H]2C[C@H](C(F)F)n3ncnc3N2)CC1. The minimum atomic E-state index is -2.50. The Morgan fingerprint density at radius 1 is 1.28 bits per heavy atom. The zero-order valence-electron chi connectivity index (χ0n) is 18.3. The largest absolute Gasteiger partial charge is 0.497 e. The summed E-state index contributed by atoms with van der Waals surface area (Å²) in [6, 6.07) is 6.12. The quantitative estimate of drug-likeness (QED) is 0.698. The first-order valence-electron chi connectivity index (χ1n) is 11.0. The number of alkyl halides is 2. The molecule has 0 radical (unpaired) electrons. The number of aromatic nitrogens is 3. The Morgan fingerprint density at radius 2 is 2.03 bits per heavy atom. The lowest BCUT2D eigenvalue weighted by molar-refractivity contribution is -0.140. The number of methoxy groups -OCH3 is 1. The second-order valence-electron chi connectivity index (χ2n) is 8.27. The van der Waals surface area contributed by atoms with Crippen molar-refractivity contribution in [2.24, 2.45) is 5.92 Å². The summed E-state index contributed by atoms with van der Waals surface area (Å²) in [6.45, 7) is 3.07. The molecule has 10 heteroatoms. The number of hydrogen-bond donors (Lipinski definition) is 1. The molecule has 1 fully saturated rings. The van der Waals surface area contributed by atoms with Crippen LogP contribution < -0.4 is 14.8 Å². The normalized spacial score (nSPS) is 22.2. The molecule has 2 aliphatic heterocycles. The smallest absolute Gasteiger partial charge is 0.263 e. The van der Waals surface area contributed by atoms with Gasteiger partial charge in [0.2, 0.25) is 5.95 Å². The fourth-order valence-electron chi connectivity index (χ4n) is 4.57. The molecule has 8 nitrogen and oxygen atoms in total. The summed E-state index contributed by atoms with van der Waals surface area (Å²) in [5, 5.41) is 7.21. The standard InChI is InChI=1S/C22H29F2N5O3/c1-3-19(32-16-6-4-5-15(11-16)31-2)21(30)28-9-7-14(8-10-28)17-12-18(20(23)24)29-22(27-17)25-13-26-29/h4-6,11,13-14,17-20H,3,7-10,12H2,1-2H3,(H,25,26,27)/t17-,18+,19?/m0/s1. The molecule has 2 aromatic rings. The fourth-order valence-corrected chi connectivity index (χ4v) is 4.57. The summed E-state index contributed by atoms with van der Waals surface area (Å²) in [5.74, 6) is 1.79. The van der Waals surface area contributed by atoms with Gasteiger partial charge in [-0.25, -0.2) is 13.5 Å². The summed E-state index contributed by atoms with van der Waals surface area (Å²) < 4.78 is 39.5. The van der Waals surface area contributed by atoms with Crippen molar-refractivity contribution in [3.05, 3.63) is 30.6 Å². The van der Waals surface area contributed by atoms with Crippen molar-refractivity contribution in [2.75, 3.05) is 25.5 Å². The summed E-state index contributed by atoms with van der Waals surface area (Å²) in [7, 11) is 1.58. The molecule has 3 atom stereocenters. The van der Waals surface area contributed by atoms with Crippen LogP contribution in [0, 0.1) is 5.92 Å². The molecular weight excluding hydrogens is 420 g/mol. The van der Waals surface area contributed by atoms with Crippen LogP contribution in [0.3, 0.4) is 0 Å². The molecule has 1 aromatic heterocycles. The number of benzene rings is 1. The number of likely N-dealkylation sites (tertiary alicyclic amines) is 1. The number of carbonyl (C=O) groups is 1. The number of nitrogens with one attached hydrogen (secondary N) is 1. The highest BCUT2D eigenvalue weighted by atomic mass is 19.3. The Balaban J connectivity index is 1.35. The average molecular weight is 450 g/mol. The van der Waals surface area contributed by atoms with Gasteiger partial charge in [-0.3, -0.25) is 4.79 Å². The predicted octanol–water partition coefficient (Wildman–Crippen LogP) is 3.37. The van der Waals surface area contributed by atoms with E-state index in [0.717, 1.165) is 12.8 Å². The lowest BCUT2D eigenvalue weighted by Crippen LogP contribution is -2.49. The zero-order chi connectivity index (χ0) is 22.7. The van der Waals surface area contributed by atoms with E-state index in [1.807, 2.05) is 24.0 Å². The van der Waals surface area contributed by atoms with Crippen molar-refractivity contribution in [3.63, 3.8) is 0 Å². The van der Waals surface area contributed by atoms with Gasteiger partial charge < -0.3 is 19.7 Å². The first kappa shape index (κ1) is 22.3. The lowest BCUT2D eigenvalue weighted by atomic mass is 9.85. The number of carbonyl (C=O) groups excluding carboxylic acids is 1. The number of fused-ring (bicyclic) bond motifs is 1. The zero-order valence-corrected chi connectivity index (χ0v) is 18.3. The van der Waals surface area contributed by atoms with Gasteiger partial charge in [0.05, 0.1) is 7.11 Å². The number of amides is 1. The molecule has 0 saturated carbocycles. The molecule has 0 spiro atoms. The van der Waals surface area contributed by atoms with Gasteiger partial charge in [-0.05, 0) is 43.7 Å². The van der Waals surface area contributed by atoms with Crippen LogP contribution in [0.15, 0.2) is 30.6 Å². The third-order valence-corrected chi connectivity index (χ3v) is 6.37. The highest BCUT2D eigenvalue weighted by Crippen LogP contribution is 2.35. The van der Waals surface area contributed by atoms with Gasteiger partial charge in [0.15, 0.2) is 6.10 Å². The molecule has 32 heavy (non-hydrogen) atoms. The van der Waals surface area contributed by atoms with E-state index >= 15 is 0 Å². The van der Waals surface area contributed by atoms with Crippen LogP contribution in [-0.2, 0) is 4.79 Å². The van der Waals surface area contributed by atoms with Crippen LogP contribution in [-0.4, -0.2) is 64.3 Å². The molecule has 1 unspecified atom stereocenters. The summed E-state index contributed by atoms with van der Waals surface area (Å²) in [5.41, 5.74) is 0. The molecular formula is C22H29F2N5O3. The Labute approximate surface area is 185 Å². The van der Waals surface area contributed by atoms with E-state index in [1.165, 1.54) is 11.0 Å². The summed E-state index contributed by atoms with van der Waals surface area (Å²) >= 11 is 0. The first-order chi connectivity index (χ1) is 15.5. The molecule has 174 valence electrons. The van der Waals surface area contributed by atoms with Crippen LogP contribution in [0.5, 0.6) is 11.5 Å². The number of hydrogen-bond acceptors (Lipinski definition) is 6. The maximum absolute atomic E-state index is 13.5. The van der Waals surface area contributed by atoms with E-state index in [9.17, 15) is 13.6 Å². The van der Waals surface area contributed by atoms with E-state index in [-0.39, 0.29) is 17.9 Å². The van der Waals surface area contributed by atoms with Gasteiger partial charge in [-0.1, -0.05) is 13.0 Å². The fraction of sp³-hybridized carbons (Fsp3) is 0.591. The monoisotopic (exact) mass is 449 g/mol. The number of ether oxygens (including phenoxy) is 2. The lowest BCUT2D eigenvalue weighted by Gasteiger charge is -2.40. The third kappa shape index (κ3) is 4.63. The van der Waals surface area contributed by atoms with Crippen molar-refractivity contribution in [2.45, 2.75) is 57.2 Å². The third-order valence-electron chi connectivity index (χ3n) is 6.37. The number of piperidine rings is 1. The molecule has 4 rings (SSSR count). The summed E-state index contributed by atoms with van der Waals surface area (Å²) in [4.78, 5) is 19.0. The maximum Gasteiger partial charge on any atom is 0.263 e. The molecule has 1 amide bonds. The molecule has 1 aromatic carbocycles. The van der Waals surface area contributed by atoms with Gasteiger partial charge in [-0.15, -0.1) is 0 Å². The van der Waals surface area contributed by atoms with E-state index in [2.05, 4.69) is 15.4 Å². The Bertz CT molecular complexity index is 916. The second kappa shape index (κ2) is 9.70. The van der Waals surface area contributed by atoms with Crippen LogP contribution >= 0.6 is 0 Å². The van der Waals surface area contributed by atoms with Gasteiger partial charge in [0.25, 0.3) is 12.3 Å². The first-order valence-corrected chi connectivity index (χ1v) is 11.0. The minimum absolute atomic E-state index is 0.0458. The molecule has 0 aliphatic carbocycles. The van der Waals surface area contributed by atoms with Crippen molar-refractivity contribution < 1.29 is 23.0 Å². The van der Waals surface area contributed by atoms with E-state index in [0.29, 0.717) is 43.4 Å². The number of anilines is 1. The molecule has 2 aliphatic rings. The van der Waals surface area contributed by atoms with Crippen LogP contribution in [0.2, 0.25) is 0 Å². The van der Waals surface area contributed by atoms with Gasteiger partial charge >= 0.3 is 0 Å². The van der Waals surface area contributed by atoms with Gasteiger partial charge in [0, 0.05) is 25.2 Å². The second-order valence-corrected chi connectivity index (χ2v) is 8.27. The van der Waals surface area contributed by atoms with Crippen LogP contribution in [0.1, 0.15) is 38.6 Å². The molecule has 1 saturated heterocycles. The van der Waals surface area contributed by atoms with Gasteiger partial charge in [-0.2, -0.15) is 10.1 Å². The highest BCUT2D eigenvalue weighted by molar-refractivity contribution is 5.81. The van der Waals surface area contributed by atoms with Crippen LogP contribution in [0.4, 0.5) is 14.7 Å². The predicted molar refractivity (Wildman–Crippen MR) is 114 cm³/mol. The van der Waals surface area contributed by atoms with E-state index in [4.69, 9.17) is 9.47 Å². The molecule has 0 bridgehead atoms. The van der Waals surface area contributed by atoms with Crippen molar-refractivity contribution >= 4 is 11.9 Å². The van der Waals surface area contributed by atoms with Gasteiger partial charge in [0.1, 0.15) is 23.9 Å².